The first-order valence-corrected chi connectivity index (χ1v) is 11.6. The van der Waals surface area contributed by atoms with Crippen molar-refractivity contribution in [2.45, 2.75) is 20.8 Å². The number of aryl methyl sites for hydroxylation is 2. The van der Waals surface area contributed by atoms with Gasteiger partial charge >= 0.3 is 5.97 Å². The molecule has 3 rings (SSSR count). The molecular weight excluding hydrogens is 512 g/mol. The van der Waals surface area contributed by atoms with Gasteiger partial charge in [0.25, 0.3) is 11.6 Å². The fraction of sp³-hybridized carbons (Fsp3) is 0.217. The molecule has 0 bridgehead atoms. The molecule has 10 heteroatoms. The van der Waals surface area contributed by atoms with E-state index in [1.54, 1.807) is 18.4 Å². The lowest BCUT2D eigenvalue weighted by Crippen LogP contribution is -2.21. The number of carbonyl (C=O) groups is 2. The van der Waals surface area contributed by atoms with Crippen molar-refractivity contribution in [3.05, 3.63) is 73.1 Å². The molecule has 0 aliphatic heterocycles. The Morgan fingerprint density at radius 1 is 1.18 bits per heavy atom. The molecule has 1 amide bonds. The number of rotatable bonds is 8. The van der Waals surface area contributed by atoms with Gasteiger partial charge in [0.15, 0.2) is 6.61 Å². The number of esters is 1. The highest BCUT2D eigenvalue weighted by Crippen LogP contribution is 2.37. The van der Waals surface area contributed by atoms with Crippen molar-refractivity contribution >= 4 is 49.8 Å². The van der Waals surface area contributed by atoms with Gasteiger partial charge in [-0.2, -0.15) is 0 Å². The first kappa shape index (κ1) is 24.4. The standard InChI is InChI=1S/C23H21BrN2O6S/c1-4-31-23(28)20-18(15-6-5-7-17(10-15)26(29)30)12-33-22(20)25-19(27)11-32-21-13(2)8-16(24)9-14(21)3/h5-10,12H,4,11H2,1-3H3,(H,25,27). The van der Waals surface area contributed by atoms with Gasteiger partial charge in [0.1, 0.15) is 16.3 Å². The Labute approximate surface area is 202 Å². The van der Waals surface area contributed by atoms with Gasteiger partial charge < -0.3 is 14.8 Å². The summed E-state index contributed by atoms with van der Waals surface area (Å²) in [7, 11) is 0. The van der Waals surface area contributed by atoms with Crippen molar-refractivity contribution in [2.75, 3.05) is 18.5 Å². The SMILES string of the molecule is CCOC(=O)c1c(-c2cccc([N+](=O)[O-])c2)csc1NC(=O)COc1c(C)cc(Br)cc1C. The summed E-state index contributed by atoms with van der Waals surface area (Å²) in [4.78, 5) is 35.9. The van der Waals surface area contributed by atoms with Gasteiger partial charge in [0, 0.05) is 27.5 Å². The maximum Gasteiger partial charge on any atom is 0.341 e. The number of hydrogen-bond acceptors (Lipinski definition) is 7. The quantitative estimate of drug-likeness (QED) is 0.220. The molecule has 33 heavy (non-hydrogen) atoms. The molecular formula is C23H21BrN2O6S. The number of nitro groups is 1. The smallest absolute Gasteiger partial charge is 0.341 e. The lowest BCUT2D eigenvalue weighted by molar-refractivity contribution is -0.384. The molecule has 0 aliphatic rings. The molecule has 0 aliphatic carbocycles. The van der Waals surface area contributed by atoms with E-state index < -0.39 is 16.8 Å². The maximum absolute atomic E-state index is 12.7. The highest BCUT2D eigenvalue weighted by atomic mass is 79.9. The van der Waals surface area contributed by atoms with Crippen LogP contribution in [0.1, 0.15) is 28.4 Å². The Morgan fingerprint density at radius 3 is 2.52 bits per heavy atom. The second kappa shape index (κ2) is 10.6. The summed E-state index contributed by atoms with van der Waals surface area (Å²) in [6, 6.07) is 9.72. The van der Waals surface area contributed by atoms with Crippen LogP contribution in [0.4, 0.5) is 10.7 Å². The number of anilines is 1. The predicted octanol–water partition coefficient (Wildman–Crippen LogP) is 5.90. The van der Waals surface area contributed by atoms with Gasteiger partial charge in [-0.15, -0.1) is 11.3 Å². The molecule has 1 heterocycles. The molecule has 0 saturated carbocycles. The lowest BCUT2D eigenvalue weighted by Gasteiger charge is -2.13. The molecule has 0 saturated heterocycles. The van der Waals surface area contributed by atoms with Crippen LogP contribution in [0.5, 0.6) is 5.75 Å². The van der Waals surface area contributed by atoms with Crippen LogP contribution in [0, 0.1) is 24.0 Å². The van der Waals surface area contributed by atoms with Crippen LogP contribution in [-0.2, 0) is 9.53 Å². The Hall–Kier alpha value is -3.24. The number of ether oxygens (including phenoxy) is 2. The summed E-state index contributed by atoms with van der Waals surface area (Å²) < 4.78 is 11.8. The van der Waals surface area contributed by atoms with E-state index in [4.69, 9.17) is 9.47 Å². The molecule has 0 unspecified atom stereocenters. The summed E-state index contributed by atoms with van der Waals surface area (Å²) in [6.45, 7) is 5.33. The molecule has 1 aromatic heterocycles. The fourth-order valence-corrected chi connectivity index (χ4v) is 4.94. The number of hydrogen-bond donors (Lipinski definition) is 1. The number of nitrogens with one attached hydrogen (secondary N) is 1. The van der Waals surface area contributed by atoms with E-state index in [0.717, 1.165) is 26.9 Å². The van der Waals surface area contributed by atoms with Crippen molar-refractivity contribution in [3.8, 4) is 16.9 Å². The Bertz CT molecular complexity index is 1200. The zero-order valence-electron chi connectivity index (χ0n) is 18.1. The van der Waals surface area contributed by atoms with Gasteiger partial charge in [-0.25, -0.2) is 4.79 Å². The van der Waals surface area contributed by atoms with E-state index in [2.05, 4.69) is 21.2 Å². The van der Waals surface area contributed by atoms with Crippen molar-refractivity contribution in [3.63, 3.8) is 0 Å². The van der Waals surface area contributed by atoms with Gasteiger partial charge in [-0.1, -0.05) is 28.1 Å². The summed E-state index contributed by atoms with van der Waals surface area (Å²) >= 11 is 4.56. The number of amides is 1. The first-order valence-electron chi connectivity index (χ1n) is 9.94. The number of nitrogens with zero attached hydrogens (tertiary/aromatic N) is 1. The highest BCUT2D eigenvalue weighted by molar-refractivity contribution is 9.10. The Kier molecular flexibility index (Phi) is 7.83. The van der Waals surface area contributed by atoms with E-state index in [-0.39, 0.29) is 29.5 Å². The van der Waals surface area contributed by atoms with Crippen LogP contribution in [0.25, 0.3) is 11.1 Å². The van der Waals surface area contributed by atoms with E-state index in [1.165, 1.54) is 18.2 Å². The fourth-order valence-electron chi connectivity index (χ4n) is 3.28. The van der Waals surface area contributed by atoms with Crippen LogP contribution in [0.3, 0.4) is 0 Å². The molecule has 3 aromatic rings. The van der Waals surface area contributed by atoms with E-state index in [0.29, 0.717) is 16.9 Å². The zero-order chi connectivity index (χ0) is 24.1. The summed E-state index contributed by atoms with van der Waals surface area (Å²) in [5, 5.41) is 15.8. The van der Waals surface area contributed by atoms with Gasteiger partial charge in [0.05, 0.1) is 11.5 Å². The highest BCUT2D eigenvalue weighted by Gasteiger charge is 2.24. The third-order valence-corrected chi connectivity index (χ3v) is 6.02. The second-order valence-corrected chi connectivity index (χ2v) is 8.88. The normalized spacial score (nSPS) is 10.5. The zero-order valence-corrected chi connectivity index (χ0v) is 20.5. The summed E-state index contributed by atoms with van der Waals surface area (Å²) in [6.07, 6.45) is 0. The molecule has 172 valence electrons. The average Bonchev–Trinajstić information content (AvgIpc) is 3.16. The van der Waals surface area contributed by atoms with E-state index in [9.17, 15) is 19.7 Å². The molecule has 0 spiro atoms. The minimum absolute atomic E-state index is 0.104. The number of benzene rings is 2. The number of carbonyl (C=O) groups excluding carboxylic acids is 2. The third kappa shape index (κ3) is 5.77. The lowest BCUT2D eigenvalue weighted by atomic mass is 10.0. The topological polar surface area (TPSA) is 108 Å². The Balaban J connectivity index is 1.86. The molecule has 0 fully saturated rings. The van der Waals surface area contributed by atoms with Gasteiger partial charge in [-0.3, -0.25) is 14.9 Å². The molecule has 0 radical (unpaired) electrons. The summed E-state index contributed by atoms with van der Waals surface area (Å²) in [5.41, 5.74) is 2.72. The average molecular weight is 533 g/mol. The third-order valence-electron chi connectivity index (χ3n) is 4.66. The van der Waals surface area contributed by atoms with Gasteiger partial charge in [-0.05, 0) is 49.6 Å². The number of halogens is 1. The van der Waals surface area contributed by atoms with Crippen LogP contribution in [0.2, 0.25) is 0 Å². The van der Waals surface area contributed by atoms with Crippen molar-refractivity contribution in [2.24, 2.45) is 0 Å². The monoisotopic (exact) mass is 532 g/mol. The number of thiophene rings is 1. The molecule has 0 atom stereocenters. The molecule has 1 N–H and O–H groups in total. The summed E-state index contributed by atoms with van der Waals surface area (Å²) in [5.74, 6) is -0.465. The van der Waals surface area contributed by atoms with Gasteiger partial charge in [0.2, 0.25) is 0 Å². The van der Waals surface area contributed by atoms with Crippen molar-refractivity contribution < 1.29 is 24.0 Å². The van der Waals surface area contributed by atoms with E-state index in [1.807, 2.05) is 26.0 Å². The van der Waals surface area contributed by atoms with E-state index >= 15 is 0 Å². The first-order chi connectivity index (χ1) is 15.7. The van der Waals surface area contributed by atoms with Crippen LogP contribution in [0.15, 0.2) is 46.3 Å². The largest absolute Gasteiger partial charge is 0.483 e. The minimum Gasteiger partial charge on any atom is -0.483 e. The van der Waals surface area contributed by atoms with Crippen LogP contribution < -0.4 is 10.1 Å². The molecule has 2 aromatic carbocycles. The molecule has 8 nitrogen and oxygen atoms in total. The van der Waals surface area contributed by atoms with Crippen LogP contribution in [-0.4, -0.2) is 30.0 Å². The Morgan fingerprint density at radius 2 is 1.88 bits per heavy atom. The minimum atomic E-state index is -0.629. The number of nitro benzene ring substituents is 1. The number of non-ortho nitro benzene ring substituents is 1. The van der Waals surface area contributed by atoms with Crippen LogP contribution >= 0.6 is 27.3 Å². The maximum atomic E-state index is 12.7. The predicted molar refractivity (Wildman–Crippen MR) is 130 cm³/mol. The van der Waals surface area contributed by atoms with Crippen molar-refractivity contribution in [1.82, 2.24) is 0 Å². The second-order valence-electron chi connectivity index (χ2n) is 7.09. The van der Waals surface area contributed by atoms with Crippen molar-refractivity contribution in [1.29, 1.82) is 0 Å².